The Bertz CT molecular complexity index is 969. The number of carbonyl (C=O) groups is 3. The third-order valence-corrected chi connectivity index (χ3v) is 5.88. The van der Waals surface area contributed by atoms with Gasteiger partial charge in [0.1, 0.15) is 24.5 Å². The van der Waals surface area contributed by atoms with E-state index in [0.29, 0.717) is 38.4 Å². The molecule has 9 heteroatoms. The van der Waals surface area contributed by atoms with E-state index >= 15 is 0 Å². The minimum atomic E-state index is -0.223. The SMILES string of the molecule is CC(CCNC=O)c1ccccc1OCCNCC(=O)NCC=O.CC1CC1.CCC.CNC(C)C.Cc1cccc(F)c1. The molecule has 0 heterocycles. The van der Waals surface area contributed by atoms with Gasteiger partial charge in [-0.1, -0.05) is 91.1 Å². The summed E-state index contributed by atoms with van der Waals surface area (Å²) in [6.45, 7) is 16.4. The number of para-hydroxylation sites is 1. The number of rotatable bonds is 14. The Balaban J connectivity index is 0. The van der Waals surface area contributed by atoms with Crippen molar-refractivity contribution in [3.05, 3.63) is 65.5 Å². The van der Waals surface area contributed by atoms with Gasteiger partial charge in [-0.2, -0.15) is 0 Å². The highest BCUT2D eigenvalue weighted by Crippen LogP contribution is 2.28. The Morgan fingerprint density at radius 2 is 1.66 bits per heavy atom. The molecule has 3 rings (SSSR count). The number of aldehydes is 1. The van der Waals surface area contributed by atoms with Crippen molar-refractivity contribution in [3.8, 4) is 5.75 Å². The third-order valence-electron chi connectivity index (χ3n) is 5.88. The minimum absolute atomic E-state index is 0.0290. The van der Waals surface area contributed by atoms with Crippen molar-refractivity contribution in [1.29, 1.82) is 0 Å². The number of ether oxygens (including phenoxy) is 1. The van der Waals surface area contributed by atoms with E-state index in [1.165, 1.54) is 31.4 Å². The highest BCUT2D eigenvalue weighted by molar-refractivity contribution is 5.80. The molecule has 1 aliphatic carbocycles. The van der Waals surface area contributed by atoms with E-state index in [9.17, 15) is 18.8 Å². The molecule has 0 aromatic heterocycles. The molecular formula is C35H59FN4O4. The van der Waals surface area contributed by atoms with Gasteiger partial charge in [-0.3, -0.25) is 9.59 Å². The van der Waals surface area contributed by atoms with E-state index in [4.69, 9.17) is 4.74 Å². The molecule has 8 nitrogen and oxygen atoms in total. The van der Waals surface area contributed by atoms with Gasteiger partial charge in [-0.25, -0.2) is 4.39 Å². The molecule has 2 aromatic rings. The molecule has 2 amide bonds. The number of nitrogens with one attached hydrogen (secondary N) is 4. The van der Waals surface area contributed by atoms with Crippen LogP contribution < -0.4 is 26.0 Å². The molecule has 250 valence electrons. The van der Waals surface area contributed by atoms with E-state index in [2.05, 4.69) is 62.8 Å². The number of carbonyl (C=O) groups excluding carboxylic acids is 3. The topological polar surface area (TPSA) is 109 Å². The fourth-order valence-corrected chi connectivity index (χ4v) is 2.96. The predicted molar refractivity (Wildman–Crippen MR) is 181 cm³/mol. The lowest BCUT2D eigenvalue weighted by atomic mass is 9.97. The Hall–Kier alpha value is -3.30. The number of hydrogen-bond acceptors (Lipinski definition) is 6. The fourth-order valence-electron chi connectivity index (χ4n) is 2.96. The van der Waals surface area contributed by atoms with Gasteiger partial charge in [0.25, 0.3) is 0 Å². The van der Waals surface area contributed by atoms with Crippen LogP contribution in [0.15, 0.2) is 48.5 Å². The molecule has 1 unspecified atom stereocenters. The largest absolute Gasteiger partial charge is 0.492 e. The Morgan fingerprint density at radius 3 is 2.14 bits per heavy atom. The monoisotopic (exact) mass is 618 g/mol. The summed E-state index contributed by atoms with van der Waals surface area (Å²) in [5.74, 6) is 1.77. The second kappa shape index (κ2) is 29.8. The Labute approximate surface area is 266 Å². The maximum atomic E-state index is 12.2. The first-order valence-corrected chi connectivity index (χ1v) is 15.7. The number of aryl methyl sites for hydroxylation is 1. The number of halogens is 1. The van der Waals surface area contributed by atoms with Crippen LogP contribution in [0.1, 0.15) is 84.3 Å². The number of hydrogen-bond donors (Lipinski definition) is 4. The first-order chi connectivity index (χ1) is 21.1. The number of amides is 2. The van der Waals surface area contributed by atoms with Gasteiger partial charge in [0.2, 0.25) is 12.3 Å². The van der Waals surface area contributed by atoms with Crippen molar-refractivity contribution in [2.45, 2.75) is 86.1 Å². The standard InChI is InChI=1S/C17H25N3O4.C7H7F.C4H11N.C4H8.C3H8/c1-14(6-7-19-13-22)15-4-2-3-5-16(15)24-11-9-18-12-17(23)20-8-10-21;1-6-3-2-4-7(8)5-6;1-4(2)5-3;1-4-2-3-4;1-3-2/h2-5,10,13-14,18H,6-9,11-12H2,1H3,(H,19,22)(H,20,23);2-5H,1H3;4-5H,1-3H3;4H,2-3H2,1H3;3H2,1-2H3. The Morgan fingerprint density at radius 1 is 1.05 bits per heavy atom. The Kier molecular flexibility index (Phi) is 29.0. The van der Waals surface area contributed by atoms with Crippen LogP contribution in [0, 0.1) is 18.7 Å². The van der Waals surface area contributed by atoms with Crippen LogP contribution in [0.3, 0.4) is 0 Å². The highest BCUT2D eigenvalue weighted by atomic mass is 19.1. The molecule has 1 fully saturated rings. The van der Waals surface area contributed by atoms with Crippen molar-refractivity contribution in [2.75, 3.05) is 39.8 Å². The van der Waals surface area contributed by atoms with Crippen molar-refractivity contribution in [1.82, 2.24) is 21.3 Å². The van der Waals surface area contributed by atoms with Crippen LogP contribution in [-0.4, -0.2) is 64.5 Å². The first kappa shape index (κ1) is 42.8. The summed E-state index contributed by atoms with van der Waals surface area (Å²) in [4.78, 5) is 31.7. The lowest BCUT2D eigenvalue weighted by Gasteiger charge is -2.17. The zero-order valence-corrected chi connectivity index (χ0v) is 28.4. The molecule has 44 heavy (non-hydrogen) atoms. The molecule has 0 saturated heterocycles. The summed E-state index contributed by atoms with van der Waals surface area (Å²) in [5, 5.41) is 11.1. The highest BCUT2D eigenvalue weighted by Gasteiger charge is 2.13. The lowest BCUT2D eigenvalue weighted by molar-refractivity contribution is -0.121. The molecule has 1 saturated carbocycles. The quantitative estimate of drug-likeness (QED) is 0.158. The van der Waals surface area contributed by atoms with Gasteiger partial charge in [-0.05, 0) is 61.6 Å². The summed E-state index contributed by atoms with van der Waals surface area (Å²) in [6, 6.07) is 14.9. The maximum absolute atomic E-state index is 12.2. The molecule has 0 aliphatic heterocycles. The van der Waals surface area contributed by atoms with Gasteiger partial charge in [0.05, 0.1) is 13.1 Å². The molecular weight excluding hydrogens is 559 g/mol. The second-order valence-electron chi connectivity index (χ2n) is 10.9. The van der Waals surface area contributed by atoms with Gasteiger partial charge in [0, 0.05) is 19.1 Å². The predicted octanol–water partition coefficient (Wildman–Crippen LogP) is 5.79. The van der Waals surface area contributed by atoms with E-state index in [0.717, 1.165) is 29.2 Å². The molecule has 0 radical (unpaired) electrons. The maximum Gasteiger partial charge on any atom is 0.234 e. The smallest absolute Gasteiger partial charge is 0.234 e. The van der Waals surface area contributed by atoms with E-state index in [1.807, 2.05) is 44.3 Å². The summed E-state index contributed by atoms with van der Waals surface area (Å²) in [5.41, 5.74) is 2.05. The summed E-state index contributed by atoms with van der Waals surface area (Å²) in [7, 11) is 1.95. The average Bonchev–Trinajstić information content (AvgIpc) is 3.79. The van der Waals surface area contributed by atoms with Crippen LogP contribution in [0.4, 0.5) is 4.39 Å². The first-order valence-electron chi connectivity index (χ1n) is 15.7. The van der Waals surface area contributed by atoms with Crippen molar-refractivity contribution < 1.29 is 23.5 Å². The zero-order valence-electron chi connectivity index (χ0n) is 28.4. The third kappa shape index (κ3) is 28.8. The van der Waals surface area contributed by atoms with Crippen molar-refractivity contribution >= 4 is 18.6 Å². The van der Waals surface area contributed by atoms with Crippen LogP contribution in [-0.2, 0) is 14.4 Å². The van der Waals surface area contributed by atoms with Crippen LogP contribution >= 0.6 is 0 Å². The van der Waals surface area contributed by atoms with Crippen molar-refractivity contribution in [2.24, 2.45) is 5.92 Å². The lowest BCUT2D eigenvalue weighted by Crippen LogP contribution is -2.36. The van der Waals surface area contributed by atoms with Crippen LogP contribution in [0.25, 0.3) is 0 Å². The molecule has 0 spiro atoms. The summed E-state index contributed by atoms with van der Waals surface area (Å²) < 4.78 is 18.0. The molecule has 2 aromatic carbocycles. The summed E-state index contributed by atoms with van der Waals surface area (Å²) >= 11 is 0. The van der Waals surface area contributed by atoms with E-state index in [1.54, 1.807) is 6.07 Å². The van der Waals surface area contributed by atoms with Gasteiger partial charge >= 0.3 is 0 Å². The fraction of sp³-hybridized carbons (Fsp3) is 0.571. The second-order valence-corrected chi connectivity index (χ2v) is 10.9. The van der Waals surface area contributed by atoms with Crippen molar-refractivity contribution in [3.63, 3.8) is 0 Å². The van der Waals surface area contributed by atoms with E-state index < -0.39 is 0 Å². The summed E-state index contributed by atoms with van der Waals surface area (Å²) in [6.07, 6.45) is 6.39. The van der Waals surface area contributed by atoms with Gasteiger partial charge in [0.15, 0.2) is 0 Å². The van der Waals surface area contributed by atoms with Crippen LogP contribution in [0.2, 0.25) is 0 Å². The van der Waals surface area contributed by atoms with E-state index in [-0.39, 0.29) is 30.7 Å². The number of benzene rings is 2. The van der Waals surface area contributed by atoms with Gasteiger partial charge < -0.3 is 30.8 Å². The molecule has 1 atom stereocenters. The zero-order chi connectivity index (χ0) is 33.6. The molecule has 4 N–H and O–H groups in total. The minimum Gasteiger partial charge on any atom is -0.492 e. The molecule has 1 aliphatic rings. The average molecular weight is 619 g/mol. The van der Waals surface area contributed by atoms with Crippen LogP contribution in [0.5, 0.6) is 5.75 Å². The molecule has 0 bridgehead atoms. The normalized spacial score (nSPS) is 11.8. The van der Waals surface area contributed by atoms with Gasteiger partial charge in [-0.15, -0.1) is 0 Å².